The highest BCUT2D eigenvalue weighted by atomic mass is 16.2. The molecule has 8 nitrogen and oxygen atoms in total. The summed E-state index contributed by atoms with van der Waals surface area (Å²) in [5.41, 5.74) is 3.61. The number of likely N-dealkylation sites (tertiary alicyclic amines) is 1. The molecule has 158 valence electrons. The molecule has 1 saturated heterocycles. The van der Waals surface area contributed by atoms with Crippen LogP contribution in [-0.2, 0) is 4.79 Å². The van der Waals surface area contributed by atoms with E-state index in [1.807, 2.05) is 49.9 Å². The first-order valence-electron chi connectivity index (χ1n) is 10.3. The molecule has 0 saturated carbocycles. The topological polar surface area (TPSA) is 96.8 Å². The maximum atomic E-state index is 12.6. The first kappa shape index (κ1) is 20.6. The summed E-state index contributed by atoms with van der Waals surface area (Å²) in [6, 6.07) is 7.62. The molecule has 31 heavy (non-hydrogen) atoms. The molecule has 0 bridgehead atoms. The van der Waals surface area contributed by atoms with E-state index in [-0.39, 0.29) is 11.8 Å². The number of nitrogens with one attached hydrogen (secondary N) is 1. The Balaban J connectivity index is 1.45. The number of carbonyl (C=O) groups excluding carboxylic acids is 1. The van der Waals surface area contributed by atoms with Crippen LogP contribution in [0.1, 0.15) is 40.8 Å². The summed E-state index contributed by atoms with van der Waals surface area (Å²) in [4.78, 5) is 36.4. The monoisotopic (exact) mass is 415 g/mol. The molecule has 4 rings (SSSR count). The van der Waals surface area contributed by atoms with Gasteiger partial charge in [0.1, 0.15) is 11.6 Å². The van der Waals surface area contributed by atoms with Crippen molar-refractivity contribution >= 4 is 23.7 Å². The Kier molecular flexibility index (Phi) is 5.97. The number of amides is 1. The maximum Gasteiger partial charge on any atom is 0.246 e. The van der Waals surface area contributed by atoms with E-state index >= 15 is 0 Å². The lowest BCUT2D eigenvalue weighted by molar-refractivity contribution is -0.124. The van der Waals surface area contributed by atoms with Crippen molar-refractivity contribution in [1.82, 2.24) is 29.8 Å². The van der Waals surface area contributed by atoms with Crippen LogP contribution < -0.4 is 5.32 Å². The Hall–Kier alpha value is -3.68. The summed E-state index contributed by atoms with van der Waals surface area (Å²) >= 11 is 0. The first-order valence-corrected chi connectivity index (χ1v) is 10.3. The zero-order chi connectivity index (χ0) is 21.8. The van der Waals surface area contributed by atoms with Crippen LogP contribution in [0.3, 0.4) is 0 Å². The van der Waals surface area contributed by atoms with Crippen molar-refractivity contribution < 1.29 is 4.79 Å². The fourth-order valence-electron chi connectivity index (χ4n) is 3.71. The van der Waals surface area contributed by atoms with Gasteiger partial charge in [0.15, 0.2) is 0 Å². The number of nitrogens with zero attached hydrogens (tertiary/aromatic N) is 6. The summed E-state index contributed by atoms with van der Waals surface area (Å²) < 4.78 is 0. The van der Waals surface area contributed by atoms with Crippen LogP contribution in [0.4, 0.5) is 11.8 Å². The molecule has 1 amide bonds. The Labute approximate surface area is 181 Å². The predicted molar refractivity (Wildman–Crippen MR) is 119 cm³/mol. The quantitative estimate of drug-likeness (QED) is 0.638. The van der Waals surface area contributed by atoms with Crippen molar-refractivity contribution in [2.24, 2.45) is 0 Å². The first-order chi connectivity index (χ1) is 15.0. The molecule has 0 unspecified atom stereocenters. The predicted octanol–water partition coefficient (Wildman–Crippen LogP) is 3.36. The van der Waals surface area contributed by atoms with Crippen molar-refractivity contribution in [1.29, 1.82) is 0 Å². The molecule has 4 heterocycles. The summed E-state index contributed by atoms with van der Waals surface area (Å²) in [6.07, 6.45) is 7.71. The number of aryl methyl sites for hydroxylation is 3. The minimum absolute atomic E-state index is 0.000819. The maximum absolute atomic E-state index is 12.6. The zero-order valence-electron chi connectivity index (χ0n) is 17.9. The molecule has 3 aromatic heterocycles. The number of pyridine rings is 1. The molecule has 3 aromatic rings. The molecule has 1 aliphatic heterocycles. The van der Waals surface area contributed by atoms with Crippen molar-refractivity contribution in [3.05, 3.63) is 71.2 Å². The average Bonchev–Trinajstić information content (AvgIpc) is 3.22. The molecule has 0 spiro atoms. The number of hydrogen-bond donors (Lipinski definition) is 1. The van der Waals surface area contributed by atoms with Gasteiger partial charge in [0.25, 0.3) is 0 Å². The Morgan fingerprint density at radius 1 is 1.13 bits per heavy atom. The summed E-state index contributed by atoms with van der Waals surface area (Å²) in [5.74, 6) is 2.02. The van der Waals surface area contributed by atoms with Crippen LogP contribution in [0.2, 0.25) is 0 Å². The number of rotatable bonds is 5. The third-order valence-corrected chi connectivity index (χ3v) is 5.10. The van der Waals surface area contributed by atoms with E-state index < -0.39 is 0 Å². The van der Waals surface area contributed by atoms with Crippen molar-refractivity contribution in [2.45, 2.75) is 33.1 Å². The van der Waals surface area contributed by atoms with Crippen LogP contribution in [0.25, 0.3) is 6.08 Å². The van der Waals surface area contributed by atoms with Gasteiger partial charge in [-0.3, -0.25) is 9.78 Å². The van der Waals surface area contributed by atoms with E-state index in [2.05, 4.69) is 30.2 Å². The standard InChI is InChI=1S/C23H25N7O/c1-15-11-16(2)26-23(25-15)29-21-12-20(27-17(3)28-21)19-8-10-30(14-19)22(31)7-6-18-5-4-9-24-13-18/h4-7,9,11-13,19H,8,10,14H2,1-3H3,(H,25,26,27,28,29)/b7-6+/t19-/m0/s1. The van der Waals surface area contributed by atoms with Crippen molar-refractivity contribution in [2.75, 3.05) is 18.4 Å². The zero-order valence-corrected chi connectivity index (χ0v) is 17.9. The Morgan fingerprint density at radius 2 is 1.94 bits per heavy atom. The van der Waals surface area contributed by atoms with Crippen molar-refractivity contribution in [3.63, 3.8) is 0 Å². The molecule has 0 aromatic carbocycles. The highest BCUT2D eigenvalue weighted by Gasteiger charge is 2.27. The van der Waals surface area contributed by atoms with Crippen LogP contribution >= 0.6 is 0 Å². The lowest BCUT2D eigenvalue weighted by atomic mass is 10.0. The lowest BCUT2D eigenvalue weighted by Gasteiger charge is -2.15. The molecule has 8 heteroatoms. The molecule has 1 aliphatic rings. The highest BCUT2D eigenvalue weighted by molar-refractivity contribution is 5.92. The molecular weight excluding hydrogens is 390 g/mol. The van der Waals surface area contributed by atoms with Gasteiger partial charge in [-0.05, 0) is 51.0 Å². The van der Waals surface area contributed by atoms with Gasteiger partial charge in [-0.25, -0.2) is 19.9 Å². The fourth-order valence-corrected chi connectivity index (χ4v) is 3.71. The minimum atomic E-state index is -0.000819. The van der Waals surface area contributed by atoms with E-state index in [0.29, 0.717) is 30.7 Å². The smallest absolute Gasteiger partial charge is 0.246 e. The second-order valence-electron chi connectivity index (χ2n) is 7.71. The van der Waals surface area contributed by atoms with Crippen LogP contribution in [0, 0.1) is 20.8 Å². The number of anilines is 2. The van der Waals surface area contributed by atoms with Gasteiger partial charge in [0.05, 0.1) is 5.69 Å². The van der Waals surface area contributed by atoms with Gasteiger partial charge < -0.3 is 10.2 Å². The van der Waals surface area contributed by atoms with E-state index in [1.54, 1.807) is 24.5 Å². The molecule has 0 aliphatic carbocycles. The van der Waals surface area contributed by atoms with Gasteiger partial charge in [-0.15, -0.1) is 0 Å². The number of carbonyl (C=O) groups is 1. The van der Waals surface area contributed by atoms with E-state index in [4.69, 9.17) is 0 Å². The SMILES string of the molecule is Cc1cc(C)nc(Nc2cc([C@H]3CCN(C(=O)/C=C/c4cccnc4)C3)nc(C)n2)n1. The third-order valence-electron chi connectivity index (χ3n) is 5.10. The largest absolute Gasteiger partial charge is 0.338 e. The summed E-state index contributed by atoms with van der Waals surface area (Å²) in [6.45, 7) is 7.07. The molecule has 0 radical (unpaired) electrons. The van der Waals surface area contributed by atoms with E-state index in [0.717, 1.165) is 29.1 Å². The van der Waals surface area contributed by atoms with Crippen LogP contribution in [-0.4, -0.2) is 48.8 Å². The number of aromatic nitrogens is 5. The normalized spacial score (nSPS) is 16.1. The number of hydrogen-bond acceptors (Lipinski definition) is 7. The lowest BCUT2D eigenvalue weighted by Crippen LogP contribution is -2.26. The van der Waals surface area contributed by atoms with Crippen LogP contribution in [0.5, 0.6) is 0 Å². The van der Waals surface area contributed by atoms with E-state index in [1.165, 1.54) is 0 Å². The Morgan fingerprint density at radius 3 is 2.68 bits per heavy atom. The molecule has 1 N–H and O–H groups in total. The Bertz CT molecular complexity index is 1090. The summed E-state index contributed by atoms with van der Waals surface area (Å²) in [7, 11) is 0. The second kappa shape index (κ2) is 8.99. The van der Waals surface area contributed by atoms with Gasteiger partial charge in [0.2, 0.25) is 11.9 Å². The van der Waals surface area contributed by atoms with Crippen molar-refractivity contribution in [3.8, 4) is 0 Å². The summed E-state index contributed by atoms with van der Waals surface area (Å²) in [5, 5.41) is 3.19. The van der Waals surface area contributed by atoms with Gasteiger partial charge in [-0.2, -0.15) is 0 Å². The fraction of sp³-hybridized carbons (Fsp3) is 0.304. The van der Waals surface area contributed by atoms with Gasteiger partial charge >= 0.3 is 0 Å². The third kappa shape index (κ3) is 5.28. The average molecular weight is 416 g/mol. The van der Waals surface area contributed by atoms with Crippen LogP contribution in [0.15, 0.2) is 42.7 Å². The molecular formula is C23H25N7O. The molecule has 1 atom stereocenters. The van der Waals surface area contributed by atoms with Gasteiger partial charge in [-0.1, -0.05) is 6.07 Å². The minimum Gasteiger partial charge on any atom is -0.338 e. The second-order valence-corrected chi connectivity index (χ2v) is 7.71. The molecule has 1 fully saturated rings. The highest BCUT2D eigenvalue weighted by Crippen LogP contribution is 2.28. The van der Waals surface area contributed by atoms with E-state index in [9.17, 15) is 4.79 Å². The van der Waals surface area contributed by atoms with Gasteiger partial charge in [0, 0.05) is 54.9 Å².